The van der Waals surface area contributed by atoms with E-state index in [1.54, 1.807) is 25.3 Å². The summed E-state index contributed by atoms with van der Waals surface area (Å²) in [6.07, 6.45) is 3.37. The molecule has 0 atom stereocenters. The van der Waals surface area contributed by atoms with Crippen molar-refractivity contribution in [3.8, 4) is 16.3 Å². The van der Waals surface area contributed by atoms with E-state index in [1.807, 2.05) is 0 Å². The minimum Gasteiger partial charge on any atom is -0.279 e. The zero-order chi connectivity index (χ0) is 29.7. The van der Waals surface area contributed by atoms with Crippen molar-refractivity contribution in [3.05, 3.63) is 127 Å². The van der Waals surface area contributed by atoms with Crippen LogP contribution in [0.3, 0.4) is 0 Å². The summed E-state index contributed by atoms with van der Waals surface area (Å²) in [7, 11) is 0. The van der Waals surface area contributed by atoms with Gasteiger partial charge in [-0.05, 0) is 54.4 Å². The molecule has 1 amide bonds. The van der Waals surface area contributed by atoms with E-state index >= 15 is 0 Å². The maximum Gasteiger partial charge on any atom is 0.338 e. The number of pyridine rings is 1. The number of non-ortho nitro benzene ring substituents is 1. The van der Waals surface area contributed by atoms with E-state index in [1.165, 1.54) is 47.4 Å². The van der Waals surface area contributed by atoms with Gasteiger partial charge in [0, 0.05) is 35.2 Å². The molecule has 0 saturated heterocycles. The van der Waals surface area contributed by atoms with Gasteiger partial charge in [-0.25, -0.2) is 23.1 Å². The topological polar surface area (TPSA) is 120 Å². The van der Waals surface area contributed by atoms with Crippen LogP contribution in [0.25, 0.3) is 26.5 Å². The monoisotopic (exact) mass is 587 g/mol. The number of anilines is 1. The van der Waals surface area contributed by atoms with Gasteiger partial charge >= 0.3 is 5.69 Å². The number of hydrogen-bond acceptors (Lipinski definition) is 7. The molecule has 1 aliphatic heterocycles. The van der Waals surface area contributed by atoms with Gasteiger partial charge in [0.05, 0.1) is 16.9 Å². The molecule has 0 spiro atoms. The number of fused-ring (bicyclic) bond motifs is 1. The number of amides is 1. The van der Waals surface area contributed by atoms with Gasteiger partial charge in [-0.15, -0.1) is 11.3 Å². The Kier molecular flexibility index (Phi) is 6.58. The van der Waals surface area contributed by atoms with Crippen molar-refractivity contribution in [1.29, 1.82) is 0 Å². The molecule has 0 N–H and O–H groups in total. The molecule has 0 saturated carbocycles. The van der Waals surface area contributed by atoms with E-state index in [-0.39, 0.29) is 45.4 Å². The van der Waals surface area contributed by atoms with Gasteiger partial charge in [0.15, 0.2) is 0 Å². The van der Waals surface area contributed by atoms with Crippen LogP contribution in [0.1, 0.15) is 17.5 Å². The third-order valence-electron chi connectivity index (χ3n) is 6.94. The zero-order valence-electron chi connectivity index (χ0n) is 21.8. The number of nitro groups is 1. The minimum atomic E-state index is -0.889. The van der Waals surface area contributed by atoms with Gasteiger partial charge in [-0.2, -0.15) is 0 Å². The molecule has 10 nitrogen and oxygen atoms in total. The second-order valence-corrected chi connectivity index (χ2v) is 10.5. The average Bonchev–Trinajstić information content (AvgIpc) is 3.55. The zero-order valence-corrected chi connectivity index (χ0v) is 22.6. The molecule has 0 bridgehead atoms. The fourth-order valence-electron chi connectivity index (χ4n) is 4.85. The lowest BCUT2D eigenvalue weighted by molar-refractivity contribution is -0.384. The number of carbonyl (C=O) groups is 1. The van der Waals surface area contributed by atoms with E-state index in [2.05, 4.69) is 4.98 Å². The Balaban J connectivity index is 1.62. The summed E-state index contributed by atoms with van der Waals surface area (Å²) >= 11 is 1.06. The van der Waals surface area contributed by atoms with Crippen LogP contribution in [0.5, 0.6) is 0 Å². The molecule has 0 radical (unpaired) electrons. The van der Waals surface area contributed by atoms with Crippen molar-refractivity contribution in [1.82, 2.24) is 14.1 Å². The van der Waals surface area contributed by atoms with Crippen LogP contribution in [0, 0.1) is 28.7 Å². The number of nitrogens with zero attached hydrogens (tertiary/aromatic N) is 5. The summed E-state index contributed by atoms with van der Waals surface area (Å²) in [6, 6.07) is 13.6. The predicted molar refractivity (Wildman–Crippen MR) is 153 cm³/mol. The SMILES string of the molecule is Cc1c(-c2ccc([N+](=O)[O-])cc2)sc2c1c(=O)n(-c1cccc(N3C=CCC3=O)n1)c(=O)n2Cc1c(F)cccc1F. The minimum absolute atomic E-state index is 0.0808. The smallest absolute Gasteiger partial charge is 0.279 e. The molecule has 1 aliphatic rings. The molecular formula is C29H19F2N5O5S. The van der Waals surface area contributed by atoms with Crippen molar-refractivity contribution in [2.45, 2.75) is 19.9 Å². The summed E-state index contributed by atoms with van der Waals surface area (Å²) in [5, 5.41) is 11.3. The second kappa shape index (κ2) is 10.3. The third-order valence-corrected chi connectivity index (χ3v) is 8.31. The van der Waals surface area contributed by atoms with Crippen molar-refractivity contribution in [2.75, 3.05) is 4.90 Å². The van der Waals surface area contributed by atoms with Gasteiger partial charge in [0.2, 0.25) is 5.91 Å². The van der Waals surface area contributed by atoms with Gasteiger partial charge in [-0.1, -0.05) is 18.2 Å². The summed E-state index contributed by atoms with van der Waals surface area (Å²) in [5.41, 5.74) is -1.07. The Hall–Kier alpha value is -5.30. The Morgan fingerprint density at radius 1 is 0.976 bits per heavy atom. The van der Waals surface area contributed by atoms with Crippen molar-refractivity contribution < 1.29 is 18.5 Å². The van der Waals surface area contributed by atoms with E-state index in [4.69, 9.17) is 0 Å². The van der Waals surface area contributed by atoms with Gasteiger partial charge in [0.25, 0.3) is 11.2 Å². The number of thiophene rings is 1. The number of carbonyl (C=O) groups excluding carboxylic acids is 1. The number of hydrogen-bond donors (Lipinski definition) is 0. The Morgan fingerprint density at radius 2 is 1.64 bits per heavy atom. The lowest BCUT2D eigenvalue weighted by Crippen LogP contribution is -2.39. The second-order valence-electron chi connectivity index (χ2n) is 9.46. The highest BCUT2D eigenvalue weighted by atomic mass is 32.1. The van der Waals surface area contributed by atoms with Gasteiger partial charge in [-0.3, -0.25) is 29.2 Å². The lowest BCUT2D eigenvalue weighted by atomic mass is 10.1. The summed E-state index contributed by atoms with van der Waals surface area (Å²) < 4.78 is 31.4. The van der Waals surface area contributed by atoms with Crippen molar-refractivity contribution in [2.24, 2.45) is 0 Å². The van der Waals surface area contributed by atoms with Crippen LogP contribution in [0.4, 0.5) is 20.3 Å². The van der Waals surface area contributed by atoms with E-state index in [9.17, 15) is 33.3 Å². The summed E-state index contributed by atoms with van der Waals surface area (Å²) in [4.78, 5) is 57.3. The maximum absolute atomic E-state index is 14.8. The number of rotatable bonds is 6. The summed E-state index contributed by atoms with van der Waals surface area (Å²) in [5.74, 6) is -1.86. The van der Waals surface area contributed by atoms with Crippen LogP contribution < -0.4 is 16.1 Å². The molecule has 3 aromatic heterocycles. The van der Waals surface area contributed by atoms with Gasteiger partial charge < -0.3 is 0 Å². The highest BCUT2D eigenvalue weighted by Crippen LogP contribution is 2.37. The first-order chi connectivity index (χ1) is 20.2. The first kappa shape index (κ1) is 26.9. The number of halogens is 2. The average molecular weight is 588 g/mol. The Bertz CT molecular complexity index is 2060. The van der Waals surface area contributed by atoms with Crippen LogP contribution in [0.15, 0.2) is 82.5 Å². The van der Waals surface area contributed by atoms with Crippen LogP contribution in [-0.4, -0.2) is 24.9 Å². The number of aromatic nitrogens is 3. The molecule has 0 unspecified atom stereocenters. The van der Waals surface area contributed by atoms with E-state index in [0.717, 1.165) is 32.6 Å². The molecular weight excluding hydrogens is 568 g/mol. The lowest BCUT2D eigenvalue weighted by Gasteiger charge is -2.15. The van der Waals surface area contributed by atoms with Crippen LogP contribution >= 0.6 is 11.3 Å². The molecule has 5 aromatic rings. The van der Waals surface area contributed by atoms with Crippen molar-refractivity contribution >= 4 is 39.0 Å². The Morgan fingerprint density at radius 3 is 2.29 bits per heavy atom. The largest absolute Gasteiger partial charge is 0.338 e. The first-order valence-electron chi connectivity index (χ1n) is 12.6. The van der Waals surface area contributed by atoms with Gasteiger partial charge in [0.1, 0.15) is 28.1 Å². The molecule has 0 aliphatic carbocycles. The van der Waals surface area contributed by atoms with E-state index < -0.39 is 34.4 Å². The van der Waals surface area contributed by atoms with E-state index in [0.29, 0.717) is 16.0 Å². The predicted octanol–water partition coefficient (Wildman–Crippen LogP) is 5.07. The Labute approximate surface area is 239 Å². The highest BCUT2D eigenvalue weighted by molar-refractivity contribution is 7.22. The standard InChI is InChI=1S/C29H19F2N5O5S/c1-16-25-27(38)35(23-8-3-7-22(32-23)33-14-4-9-24(33)37)29(39)34(15-19-20(30)5-2-6-21(19)31)28(25)42-26(16)17-10-12-18(13-11-17)36(40)41/h2-8,10-14H,9,15H2,1H3. The molecule has 42 heavy (non-hydrogen) atoms. The normalized spacial score (nSPS) is 12.9. The van der Waals surface area contributed by atoms with Crippen molar-refractivity contribution in [3.63, 3.8) is 0 Å². The quantitative estimate of drug-likeness (QED) is 0.202. The third kappa shape index (κ3) is 4.39. The molecule has 2 aromatic carbocycles. The maximum atomic E-state index is 14.8. The number of aryl methyl sites for hydroxylation is 1. The van der Waals surface area contributed by atoms with Crippen LogP contribution in [-0.2, 0) is 11.3 Å². The highest BCUT2D eigenvalue weighted by Gasteiger charge is 2.25. The fourth-order valence-corrected chi connectivity index (χ4v) is 6.15. The molecule has 4 heterocycles. The number of nitro benzene ring substituents is 1. The molecule has 6 rings (SSSR count). The number of benzene rings is 2. The fraction of sp³-hybridized carbons (Fsp3) is 0.103. The summed E-state index contributed by atoms with van der Waals surface area (Å²) in [6.45, 7) is 1.14. The molecule has 0 fully saturated rings. The molecule has 13 heteroatoms. The molecule has 210 valence electrons. The van der Waals surface area contributed by atoms with Crippen LogP contribution in [0.2, 0.25) is 0 Å². The first-order valence-corrected chi connectivity index (χ1v) is 13.4.